The van der Waals surface area contributed by atoms with Crippen LogP contribution in [0.15, 0.2) is 35.5 Å². The Morgan fingerprint density at radius 3 is 2.32 bits per heavy atom. The first-order chi connectivity index (χ1) is 11.4. The molecule has 0 saturated heterocycles. The molecular formula is C19H26O6. The Morgan fingerprint density at radius 1 is 1.28 bits per heavy atom. The number of aliphatic hydroxyl groups is 2. The summed E-state index contributed by atoms with van der Waals surface area (Å²) in [6, 6.07) is 0. The molecule has 1 aliphatic rings. The highest BCUT2D eigenvalue weighted by Gasteiger charge is 2.41. The fraction of sp³-hybridized carbons (Fsp3) is 0.526. The summed E-state index contributed by atoms with van der Waals surface area (Å²) < 4.78 is 5.09. The standard InChI is InChI=1S/C19H26O6/c1-10(2)7-8-13-11(3)15(21)14(9-19(13,5)6)25-18(24)17(23)16(22)12(4)20/h7-8,14,16-17,22-23H,1,9H2,2-6H3/b8-7+. The van der Waals surface area contributed by atoms with Gasteiger partial charge in [0.15, 0.2) is 23.8 Å². The molecule has 1 rings (SSSR count). The van der Waals surface area contributed by atoms with Crippen LogP contribution in [-0.4, -0.2) is 46.1 Å². The van der Waals surface area contributed by atoms with Gasteiger partial charge in [0.25, 0.3) is 0 Å². The average molecular weight is 350 g/mol. The molecule has 0 amide bonds. The number of aliphatic hydroxyl groups excluding tert-OH is 2. The van der Waals surface area contributed by atoms with E-state index in [0.717, 1.165) is 18.1 Å². The van der Waals surface area contributed by atoms with Crippen LogP contribution in [0.25, 0.3) is 0 Å². The molecule has 0 fully saturated rings. The maximum absolute atomic E-state index is 12.5. The Kier molecular flexibility index (Phi) is 6.62. The summed E-state index contributed by atoms with van der Waals surface area (Å²) in [5.41, 5.74) is 1.70. The minimum absolute atomic E-state index is 0.230. The summed E-state index contributed by atoms with van der Waals surface area (Å²) in [6.07, 6.45) is -1.08. The summed E-state index contributed by atoms with van der Waals surface area (Å²) in [7, 11) is 0. The summed E-state index contributed by atoms with van der Waals surface area (Å²) in [4.78, 5) is 35.5. The van der Waals surface area contributed by atoms with Gasteiger partial charge in [-0.05, 0) is 37.3 Å². The monoisotopic (exact) mass is 350 g/mol. The Bertz CT molecular complexity index is 653. The first-order valence-electron chi connectivity index (χ1n) is 8.04. The van der Waals surface area contributed by atoms with Crippen molar-refractivity contribution in [3.63, 3.8) is 0 Å². The van der Waals surface area contributed by atoms with Gasteiger partial charge in [-0.1, -0.05) is 38.2 Å². The predicted octanol–water partition coefficient (Wildman–Crippen LogP) is 1.66. The van der Waals surface area contributed by atoms with Gasteiger partial charge >= 0.3 is 5.97 Å². The Hall–Kier alpha value is -2.05. The molecule has 6 nitrogen and oxygen atoms in total. The second-order valence-electron chi connectivity index (χ2n) is 7.10. The van der Waals surface area contributed by atoms with Gasteiger partial charge in [-0.3, -0.25) is 9.59 Å². The van der Waals surface area contributed by atoms with Crippen molar-refractivity contribution in [2.75, 3.05) is 0 Å². The molecule has 0 aromatic carbocycles. The Morgan fingerprint density at radius 2 is 1.84 bits per heavy atom. The van der Waals surface area contributed by atoms with Crippen molar-refractivity contribution < 1.29 is 29.3 Å². The van der Waals surface area contributed by atoms with Crippen molar-refractivity contribution in [3.8, 4) is 0 Å². The number of esters is 1. The van der Waals surface area contributed by atoms with Gasteiger partial charge < -0.3 is 14.9 Å². The molecule has 6 heteroatoms. The highest BCUT2D eigenvalue weighted by molar-refractivity contribution is 6.02. The minimum atomic E-state index is -2.01. The number of ketones is 2. The molecule has 3 unspecified atom stereocenters. The lowest BCUT2D eigenvalue weighted by molar-refractivity contribution is -0.171. The van der Waals surface area contributed by atoms with Crippen molar-refractivity contribution in [1.82, 2.24) is 0 Å². The van der Waals surface area contributed by atoms with Gasteiger partial charge in [0.1, 0.15) is 6.10 Å². The molecule has 0 radical (unpaired) electrons. The number of ether oxygens (including phenoxy) is 1. The van der Waals surface area contributed by atoms with Crippen LogP contribution in [0.5, 0.6) is 0 Å². The van der Waals surface area contributed by atoms with E-state index in [1.54, 1.807) is 6.92 Å². The van der Waals surface area contributed by atoms with Crippen molar-refractivity contribution in [2.45, 2.75) is 59.4 Å². The number of Topliss-reactive ketones (excluding diaryl/α,β-unsaturated/α-hetero) is 2. The van der Waals surface area contributed by atoms with E-state index in [-0.39, 0.29) is 12.2 Å². The van der Waals surface area contributed by atoms with Gasteiger partial charge in [-0.25, -0.2) is 4.79 Å². The van der Waals surface area contributed by atoms with Crippen molar-refractivity contribution >= 4 is 17.5 Å². The maximum Gasteiger partial charge on any atom is 0.338 e. The Balaban J connectivity index is 3.03. The van der Waals surface area contributed by atoms with Gasteiger partial charge in [0.05, 0.1) is 0 Å². The van der Waals surface area contributed by atoms with Gasteiger partial charge in [0.2, 0.25) is 0 Å². The molecule has 0 aromatic heterocycles. The normalized spacial score (nSPS) is 22.7. The van der Waals surface area contributed by atoms with Crippen LogP contribution in [0.4, 0.5) is 0 Å². The molecular weight excluding hydrogens is 324 g/mol. The second kappa shape index (κ2) is 7.89. The molecule has 0 aromatic rings. The predicted molar refractivity (Wildman–Crippen MR) is 92.6 cm³/mol. The third-order valence-corrected chi connectivity index (χ3v) is 4.24. The first-order valence-corrected chi connectivity index (χ1v) is 8.04. The van der Waals surface area contributed by atoms with Crippen LogP contribution >= 0.6 is 0 Å². The van der Waals surface area contributed by atoms with Crippen LogP contribution in [-0.2, 0) is 19.1 Å². The van der Waals surface area contributed by atoms with E-state index < -0.39 is 35.5 Å². The van der Waals surface area contributed by atoms with Crippen LogP contribution in [0, 0.1) is 5.41 Å². The lowest BCUT2D eigenvalue weighted by Gasteiger charge is -2.36. The van der Waals surface area contributed by atoms with Gasteiger partial charge in [-0.15, -0.1) is 0 Å². The molecule has 0 saturated carbocycles. The summed E-state index contributed by atoms with van der Waals surface area (Å²) in [5, 5.41) is 19.1. The average Bonchev–Trinajstić information content (AvgIpc) is 2.49. The van der Waals surface area contributed by atoms with E-state index in [0.29, 0.717) is 5.57 Å². The van der Waals surface area contributed by atoms with Crippen LogP contribution in [0.1, 0.15) is 41.0 Å². The molecule has 2 N–H and O–H groups in total. The largest absolute Gasteiger partial charge is 0.452 e. The van der Waals surface area contributed by atoms with Crippen LogP contribution in [0.3, 0.4) is 0 Å². The zero-order valence-electron chi connectivity index (χ0n) is 15.3. The number of hydrogen-bond donors (Lipinski definition) is 2. The summed E-state index contributed by atoms with van der Waals surface area (Å²) >= 11 is 0. The van der Waals surface area contributed by atoms with Crippen LogP contribution < -0.4 is 0 Å². The lowest BCUT2D eigenvalue weighted by Crippen LogP contribution is -2.45. The minimum Gasteiger partial charge on any atom is -0.452 e. The zero-order chi connectivity index (χ0) is 19.5. The number of carbonyl (C=O) groups excluding carboxylic acids is 3. The van der Waals surface area contributed by atoms with E-state index in [1.165, 1.54) is 0 Å². The van der Waals surface area contributed by atoms with Crippen LogP contribution in [0.2, 0.25) is 0 Å². The molecule has 25 heavy (non-hydrogen) atoms. The quantitative estimate of drug-likeness (QED) is 0.558. The van der Waals surface area contributed by atoms with Crippen molar-refractivity contribution in [3.05, 3.63) is 35.5 Å². The highest BCUT2D eigenvalue weighted by Crippen LogP contribution is 2.40. The van der Waals surface area contributed by atoms with Gasteiger partial charge in [-0.2, -0.15) is 0 Å². The third-order valence-electron chi connectivity index (χ3n) is 4.24. The van der Waals surface area contributed by atoms with E-state index in [2.05, 4.69) is 6.58 Å². The van der Waals surface area contributed by atoms with E-state index in [9.17, 15) is 24.6 Å². The van der Waals surface area contributed by atoms with Crippen molar-refractivity contribution in [2.24, 2.45) is 5.41 Å². The molecule has 0 heterocycles. The van der Waals surface area contributed by atoms with E-state index >= 15 is 0 Å². The highest BCUT2D eigenvalue weighted by atomic mass is 16.6. The number of carbonyl (C=O) groups is 3. The smallest absolute Gasteiger partial charge is 0.338 e. The SMILES string of the molecule is C=C(C)/C=C/C1=C(C)C(=O)C(OC(=O)C(O)C(O)C(C)=O)CC1(C)C. The zero-order valence-corrected chi connectivity index (χ0v) is 15.3. The third kappa shape index (κ3) is 4.96. The molecule has 138 valence electrons. The Labute approximate surface area is 147 Å². The molecule has 3 atom stereocenters. The molecule has 1 aliphatic carbocycles. The fourth-order valence-corrected chi connectivity index (χ4v) is 2.78. The second-order valence-corrected chi connectivity index (χ2v) is 7.10. The molecule has 0 spiro atoms. The first kappa shape index (κ1) is 21.0. The van der Waals surface area contributed by atoms with E-state index in [1.807, 2.05) is 32.9 Å². The van der Waals surface area contributed by atoms with Gasteiger partial charge in [0, 0.05) is 6.42 Å². The molecule has 0 aliphatic heterocycles. The summed E-state index contributed by atoms with van der Waals surface area (Å²) in [5.74, 6) is -2.31. The number of hydrogen-bond acceptors (Lipinski definition) is 6. The number of rotatable bonds is 6. The molecule has 0 bridgehead atoms. The summed E-state index contributed by atoms with van der Waals surface area (Å²) in [6.45, 7) is 12.2. The number of allylic oxidation sites excluding steroid dienone is 4. The lowest BCUT2D eigenvalue weighted by atomic mass is 9.71. The van der Waals surface area contributed by atoms with Crippen molar-refractivity contribution in [1.29, 1.82) is 0 Å². The topological polar surface area (TPSA) is 101 Å². The fourth-order valence-electron chi connectivity index (χ4n) is 2.78. The van der Waals surface area contributed by atoms with E-state index in [4.69, 9.17) is 4.74 Å². The maximum atomic E-state index is 12.5.